The smallest absolute Gasteiger partial charge is 0.320 e. The Morgan fingerprint density at radius 2 is 1.87 bits per heavy atom. The molecule has 11 heteroatoms. The first-order valence-electron chi connectivity index (χ1n) is 11.9. The number of hydrogen-bond donors (Lipinski definition) is 2. The number of hydrogen-bond acceptors (Lipinski definition) is 6. The Bertz CT molecular complexity index is 1560. The molecule has 0 bridgehead atoms. The van der Waals surface area contributed by atoms with E-state index in [0.717, 1.165) is 16.8 Å². The number of nitrogens with zero attached hydrogens (tertiary/aromatic N) is 5. The highest BCUT2D eigenvalue weighted by molar-refractivity contribution is 6.30. The first-order valence-corrected chi connectivity index (χ1v) is 12.3. The van der Waals surface area contributed by atoms with Crippen LogP contribution in [0.15, 0.2) is 71.7 Å². The topological polar surface area (TPSA) is 122 Å². The summed E-state index contributed by atoms with van der Waals surface area (Å²) in [5, 5.41) is 21.3. The van der Waals surface area contributed by atoms with Crippen LogP contribution in [-0.4, -0.2) is 43.1 Å². The van der Waals surface area contributed by atoms with E-state index < -0.39 is 6.04 Å². The van der Waals surface area contributed by atoms with Crippen molar-refractivity contribution in [1.29, 1.82) is 0 Å². The minimum absolute atomic E-state index is 0.0404. The zero-order chi connectivity index (χ0) is 26.8. The third-order valence-electron chi connectivity index (χ3n) is 6.04. The van der Waals surface area contributed by atoms with Crippen LogP contribution in [0.1, 0.15) is 42.2 Å². The number of aliphatic imine (C=N–C) groups is 1. The second kappa shape index (κ2) is 10.4. The fourth-order valence-electron chi connectivity index (χ4n) is 4.36. The third-order valence-corrected chi connectivity index (χ3v) is 6.29. The second-order valence-electron chi connectivity index (χ2n) is 8.65. The van der Waals surface area contributed by atoms with Gasteiger partial charge in [0, 0.05) is 28.8 Å². The van der Waals surface area contributed by atoms with E-state index in [1.165, 1.54) is 12.1 Å². The van der Waals surface area contributed by atoms with Crippen LogP contribution in [0.25, 0.3) is 5.69 Å². The Morgan fingerprint density at radius 1 is 1.11 bits per heavy atom. The van der Waals surface area contributed by atoms with Gasteiger partial charge < -0.3 is 10.1 Å². The second-order valence-corrected chi connectivity index (χ2v) is 9.09. The van der Waals surface area contributed by atoms with Gasteiger partial charge in [-0.15, -0.1) is 10.2 Å². The van der Waals surface area contributed by atoms with Gasteiger partial charge in [-0.2, -0.15) is 0 Å². The van der Waals surface area contributed by atoms with Gasteiger partial charge in [-0.25, -0.2) is 5.21 Å². The van der Waals surface area contributed by atoms with E-state index in [1.807, 2.05) is 42.7 Å². The molecule has 192 valence electrons. The lowest BCUT2D eigenvalue weighted by atomic mass is 10.00. The summed E-state index contributed by atoms with van der Waals surface area (Å²) in [7, 11) is 0. The van der Waals surface area contributed by atoms with Gasteiger partial charge in [0.25, 0.3) is 4.92 Å². The molecule has 1 aliphatic rings. The van der Waals surface area contributed by atoms with Crippen molar-refractivity contribution in [2.24, 2.45) is 4.99 Å². The molecule has 1 atom stereocenters. The maximum atomic E-state index is 12.6. The van der Waals surface area contributed by atoms with Gasteiger partial charge in [-0.3, -0.25) is 14.4 Å². The average molecular weight is 532 g/mol. The molecule has 10 nitrogen and oxygen atoms in total. The van der Waals surface area contributed by atoms with Gasteiger partial charge in [0.1, 0.15) is 23.4 Å². The molecule has 4 aromatic rings. The molecule has 1 amide bonds. The highest BCUT2D eigenvalue weighted by atomic mass is 35.5. The molecule has 38 heavy (non-hydrogen) atoms. The van der Waals surface area contributed by atoms with Gasteiger partial charge in [0.2, 0.25) is 5.91 Å². The summed E-state index contributed by atoms with van der Waals surface area (Å²) in [6.45, 7) is 4.21. The van der Waals surface area contributed by atoms with Gasteiger partial charge in [-0.1, -0.05) is 29.8 Å². The minimum Gasteiger partial charge on any atom is -0.457 e. The van der Waals surface area contributed by atoms with Crippen LogP contribution >= 0.6 is 11.6 Å². The number of carbonyl (C=O) groups excluding carboxylic acids is 1. The fourth-order valence-corrected chi connectivity index (χ4v) is 4.49. The van der Waals surface area contributed by atoms with Crippen LogP contribution in [0.5, 0.6) is 11.5 Å². The van der Waals surface area contributed by atoms with Crippen molar-refractivity contribution in [2.45, 2.75) is 26.3 Å². The summed E-state index contributed by atoms with van der Waals surface area (Å²) in [6, 6.07) is 18.4. The normalized spacial score (nSPS) is 14.1. The van der Waals surface area contributed by atoms with E-state index in [0.29, 0.717) is 40.4 Å². The zero-order valence-electron chi connectivity index (χ0n) is 20.6. The molecule has 0 fully saturated rings. The van der Waals surface area contributed by atoms with Crippen molar-refractivity contribution in [2.75, 3.05) is 6.54 Å². The Labute approximate surface area is 223 Å². The average Bonchev–Trinajstić information content (AvgIpc) is 3.22. The van der Waals surface area contributed by atoms with E-state index in [2.05, 4.69) is 15.5 Å². The molecule has 3 aromatic carbocycles. The number of halogens is 1. The number of aryl methyl sites for hydroxylation is 1. The standard InChI is InChI=1S/C27H23ClN6O4/c1-3-29-25(35)15-23-27-32-31-16(2)33(27)24-12-11-21(38-20-6-4-5-19(13-20)34(36)37)14-22(24)26(30-23)17-7-9-18(28)10-8-17/h4-14,23H,3,15H2,1-2H3,(H-,29,35,36,37)/p+1/t23-/m0/s1. The molecule has 1 aliphatic heterocycles. The van der Waals surface area contributed by atoms with Gasteiger partial charge in [0.05, 0.1) is 28.8 Å². The Kier molecular flexibility index (Phi) is 6.89. The quantitative estimate of drug-likeness (QED) is 0.314. The number of nitrogens with one attached hydrogen (secondary N) is 1. The zero-order valence-corrected chi connectivity index (χ0v) is 21.4. The largest absolute Gasteiger partial charge is 0.457 e. The predicted octanol–water partition coefficient (Wildman–Crippen LogP) is 5.24. The lowest BCUT2D eigenvalue weighted by Gasteiger charge is -2.15. The van der Waals surface area contributed by atoms with Crippen molar-refractivity contribution in [3.63, 3.8) is 0 Å². The number of amides is 1. The highest BCUT2D eigenvalue weighted by Gasteiger charge is 2.30. The minimum atomic E-state index is -0.588. The predicted molar refractivity (Wildman–Crippen MR) is 141 cm³/mol. The van der Waals surface area contributed by atoms with Gasteiger partial charge in [-0.05, 0) is 50.2 Å². The molecule has 0 unspecified atom stereocenters. The maximum absolute atomic E-state index is 12.6. The fraction of sp³-hybridized carbons (Fsp3) is 0.185. The molecular formula is C27H24ClN6O4+. The van der Waals surface area contributed by atoms with Crippen molar-refractivity contribution in [3.8, 4) is 17.2 Å². The van der Waals surface area contributed by atoms with Crippen LogP contribution in [0.4, 0.5) is 5.69 Å². The van der Waals surface area contributed by atoms with Gasteiger partial charge in [0.15, 0.2) is 5.82 Å². The first-order chi connectivity index (χ1) is 18.3. The summed E-state index contributed by atoms with van der Waals surface area (Å²) in [5.74, 6) is 1.90. The molecule has 0 radical (unpaired) electrons. The Morgan fingerprint density at radius 3 is 2.61 bits per heavy atom. The number of carbonyl (C=O) groups is 1. The number of fused-ring (bicyclic) bond motifs is 3. The summed E-state index contributed by atoms with van der Waals surface area (Å²) in [6.07, 6.45) is 0.0973. The summed E-state index contributed by atoms with van der Waals surface area (Å²) < 4.78 is 7.94. The Hall–Kier alpha value is -4.57. The SMILES string of the molecule is CCNC(=O)C[C@@H]1N=C(c2ccc(Cl)cc2)c2cc(Oc3cccc([N+](=O)O)c3)ccc2-n2c(C)nnc21. The van der Waals surface area contributed by atoms with Crippen molar-refractivity contribution in [1.82, 2.24) is 20.1 Å². The number of ether oxygens (including phenoxy) is 1. The molecule has 2 heterocycles. The molecule has 0 aliphatic carbocycles. The summed E-state index contributed by atoms with van der Waals surface area (Å²) in [4.78, 5) is 28.7. The highest BCUT2D eigenvalue weighted by Crippen LogP contribution is 2.35. The number of aromatic nitrogens is 3. The van der Waals surface area contributed by atoms with E-state index in [9.17, 15) is 14.9 Å². The molecule has 0 saturated heterocycles. The van der Waals surface area contributed by atoms with E-state index in [1.54, 1.807) is 30.3 Å². The maximum Gasteiger partial charge on any atom is 0.320 e. The van der Waals surface area contributed by atoms with E-state index in [4.69, 9.17) is 21.3 Å². The van der Waals surface area contributed by atoms with Crippen LogP contribution in [0.3, 0.4) is 0 Å². The molecule has 0 saturated carbocycles. The molecule has 2 N–H and O–H groups in total. The summed E-state index contributed by atoms with van der Waals surface area (Å²) in [5.41, 5.74) is 2.98. The van der Waals surface area contributed by atoms with Crippen molar-refractivity contribution < 1.29 is 19.7 Å². The van der Waals surface area contributed by atoms with Crippen LogP contribution < -0.4 is 10.1 Å². The van der Waals surface area contributed by atoms with Crippen LogP contribution in [0, 0.1) is 11.8 Å². The van der Waals surface area contributed by atoms with Crippen molar-refractivity contribution >= 4 is 28.9 Å². The Balaban J connectivity index is 1.66. The summed E-state index contributed by atoms with van der Waals surface area (Å²) >= 11 is 6.16. The van der Waals surface area contributed by atoms with Crippen LogP contribution in [-0.2, 0) is 4.79 Å². The number of benzene rings is 3. The number of rotatable bonds is 7. The molecule has 5 rings (SSSR count). The third kappa shape index (κ3) is 4.98. The lowest BCUT2D eigenvalue weighted by molar-refractivity contribution is -0.729. The first kappa shape index (κ1) is 25.1. The van der Waals surface area contributed by atoms with Crippen LogP contribution in [0.2, 0.25) is 5.02 Å². The van der Waals surface area contributed by atoms with E-state index >= 15 is 0 Å². The van der Waals surface area contributed by atoms with Crippen molar-refractivity contribution in [3.05, 3.63) is 99.4 Å². The lowest BCUT2D eigenvalue weighted by Crippen LogP contribution is -2.25. The molecule has 1 aromatic heterocycles. The monoisotopic (exact) mass is 531 g/mol. The van der Waals surface area contributed by atoms with Gasteiger partial charge >= 0.3 is 5.69 Å². The molecule has 0 spiro atoms. The molecular weight excluding hydrogens is 508 g/mol. The van der Waals surface area contributed by atoms with E-state index in [-0.39, 0.29) is 22.9 Å².